The molecule has 0 amide bonds. The van der Waals surface area contributed by atoms with Crippen LogP contribution in [0.5, 0.6) is 0 Å². The van der Waals surface area contributed by atoms with Crippen LogP contribution in [0.15, 0.2) is 47.1 Å². The van der Waals surface area contributed by atoms with E-state index in [9.17, 15) is 5.21 Å². The van der Waals surface area contributed by atoms with Crippen LogP contribution in [-0.4, -0.2) is 45.9 Å². The molecule has 0 bridgehead atoms. The van der Waals surface area contributed by atoms with Gasteiger partial charge in [0.1, 0.15) is 5.82 Å². The Kier molecular flexibility index (Phi) is 5.43. The summed E-state index contributed by atoms with van der Waals surface area (Å²) in [5.41, 5.74) is 2.07. The number of pyridine rings is 1. The number of rotatable bonds is 6. The Balaban J connectivity index is 1.47. The SMILES string of the molecule is CN(C)c1ccc(-c2noc([C@@H]3CCCN3Cc3ccc(N([O-])O)cc3)n2)cn1. The molecular weight excluding hydrogens is 372 g/mol. The predicted octanol–water partition coefficient (Wildman–Crippen LogP) is 3.23. The van der Waals surface area contributed by atoms with Crippen LogP contribution >= 0.6 is 0 Å². The maximum absolute atomic E-state index is 10.9. The molecule has 1 aromatic carbocycles. The molecule has 0 aliphatic carbocycles. The van der Waals surface area contributed by atoms with Crippen molar-refractivity contribution in [1.82, 2.24) is 20.0 Å². The lowest BCUT2D eigenvalue weighted by molar-refractivity contribution is 0.201. The van der Waals surface area contributed by atoms with E-state index in [1.165, 1.54) is 0 Å². The van der Waals surface area contributed by atoms with Crippen molar-refractivity contribution in [2.24, 2.45) is 0 Å². The van der Waals surface area contributed by atoms with Crippen molar-refractivity contribution in [2.45, 2.75) is 25.4 Å². The van der Waals surface area contributed by atoms with Gasteiger partial charge in [-0.2, -0.15) is 4.98 Å². The van der Waals surface area contributed by atoms with Gasteiger partial charge in [-0.25, -0.2) is 4.98 Å². The number of likely N-dealkylation sites (tertiary alicyclic amines) is 1. The van der Waals surface area contributed by atoms with Gasteiger partial charge in [-0.3, -0.25) is 10.1 Å². The van der Waals surface area contributed by atoms with Gasteiger partial charge in [0.05, 0.1) is 11.7 Å². The molecule has 9 nitrogen and oxygen atoms in total. The molecule has 0 unspecified atom stereocenters. The molecule has 1 N–H and O–H groups in total. The summed E-state index contributed by atoms with van der Waals surface area (Å²) in [6.45, 7) is 1.63. The van der Waals surface area contributed by atoms with Crippen LogP contribution in [0.2, 0.25) is 0 Å². The van der Waals surface area contributed by atoms with E-state index in [-0.39, 0.29) is 17.0 Å². The van der Waals surface area contributed by atoms with Gasteiger partial charge in [-0.1, -0.05) is 17.3 Å². The summed E-state index contributed by atoms with van der Waals surface area (Å²) in [5.74, 6) is 2.01. The molecule has 29 heavy (non-hydrogen) atoms. The number of hydrogen-bond acceptors (Lipinski definition) is 9. The first-order valence-corrected chi connectivity index (χ1v) is 9.48. The lowest BCUT2D eigenvalue weighted by atomic mass is 10.1. The minimum Gasteiger partial charge on any atom is -0.733 e. The van der Waals surface area contributed by atoms with Gasteiger partial charge in [0.15, 0.2) is 0 Å². The number of anilines is 2. The molecule has 0 saturated carbocycles. The Labute approximate surface area is 168 Å². The Morgan fingerprint density at radius 2 is 2.00 bits per heavy atom. The molecular formula is C20H23N6O3-. The fourth-order valence-electron chi connectivity index (χ4n) is 3.53. The number of hydrogen-bond donors (Lipinski definition) is 1. The second-order valence-electron chi connectivity index (χ2n) is 7.32. The largest absolute Gasteiger partial charge is 0.733 e. The summed E-state index contributed by atoms with van der Waals surface area (Å²) in [6.07, 6.45) is 3.74. The van der Waals surface area contributed by atoms with Gasteiger partial charge in [0, 0.05) is 32.4 Å². The van der Waals surface area contributed by atoms with Crippen LogP contribution in [0.25, 0.3) is 11.4 Å². The highest BCUT2D eigenvalue weighted by atomic mass is 16.8. The zero-order chi connectivity index (χ0) is 20.4. The molecule has 0 radical (unpaired) electrons. The van der Waals surface area contributed by atoms with Crippen LogP contribution < -0.4 is 10.1 Å². The summed E-state index contributed by atoms with van der Waals surface area (Å²) in [6, 6.07) is 10.8. The quantitative estimate of drug-likeness (QED) is 0.630. The molecule has 152 valence electrons. The Bertz CT molecular complexity index is 940. The Morgan fingerprint density at radius 1 is 1.21 bits per heavy atom. The highest BCUT2D eigenvalue weighted by molar-refractivity contribution is 5.55. The third-order valence-electron chi connectivity index (χ3n) is 5.10. The monoisotopic (exact) mass is 395 g/mol. The standard InChI is InChI=1S/C20H23N6O3/c1-24(2)18-10-7-15(12-21-18)19-22-20(29-23-19)17-4-3-11-25(17)13-14-5-8-16(9-6-14)26(27)28/h5-10,12,17,27H,3-4,11,13H2,1-2H3/q-1/t17-/m0/s1. The van der Waals surface area contributed by atoms with Crippen molar-refractivity contribution in [3.05, 3.63) is 59.3 Å². The minimum atomic E-state index is -0.137. The lowest BCUT2D eigenvalue weighted by Crippen LogP contribution is -2.23. The van der Waals surface area contributed by atoms with E-state index in [1.54, 1.807) is 18.3 Å². The molecule has 3 aromatic rings. The highest BCUT2D eigenvalue weighted by Gasteiger charge is 2.30. The zero-order valence-corrected chi connectivity index (χ0v) is 16.4. The van der Waals surface area contributed by atoms with Gasteiger partial charge in [-0.05, 0) is 49.2 Å². The van der Waals surface area contributed by atoms with Gasteiger partial charge < -0.3 is 19.9 Å². The van der Waals surface area contributed by atoms with Gasteiger partial charge in [0.2, 0.25) is 11.7 Å². The smallest absolute Gasteiger partial charge is 0.244 e. The molecule has 1 fully saturated rings. The summed E-state index contributed by atoms with van der Waals surface area (Å²) in [5, 5.41) is 23.9. The molecule has 0 spiro atoms. The van der Waals surface area contributed by atoms with Crippen LogP contribution in [0.1, 0.15) is 30.3 Å². The van der Waals surface area contributed by atoms with E-state index in [2.05, 4.69) is 20.0 Å². The van der Waals surface area contributed by atoms with E-state index in [0.717, 1.165) is 36.3 Å². The maximum Gasteiger partial charge on any atom is 0.244 e. The van der Waals surface area contributed by atoms with E-state index < -0.39 is 0 Å². The van der Waals surface area contributed by atoms with Crippen molar-refractivity contribution < 1.29 is 9.73 Å². The lowest BCUT2D eigenvalue weighted by Gasteiger charge is -2.23. The third kappa shape index (κ3) is 4.21. The Hall–Kier alpha value is -3.01. The second-order valence-corrected chi connectivity index (χ2v) is 7.32. The molecule has 1 aliphatic rings. The molecule has 2 aromatic heterocycles. The zero-order valence-electron chi connectivity index (χ0n) is 16.4. The van der Waals surface area contributed by atoms with Crippen LogP contribution in [0.4, 0.5) is 11.5 Å². The van der Waals surface area contributed by atoms with Crippen LogP contribution in [0, 0.1) is 5.21 Å². The van der Waals surface area contributed by atoms with Crippen molar-refractivity contribution >= 4 is 11.5 Å². The predicted molar refractivity (Wildman–Crippen MR) is 108 cm³/mol. The first kappa shape index (κ1) is 19.3. The Morgan fingerprint density at radius 3 is 2.66 bits per heavy atom. The van der Waals surface area contributed by atoms with E-state index in [0.29, 0.717) is 18.3 Å². The second kappa shape index (κ2) is 8.16. The van der Waals surface area contributed by atoms with Gasteiger partial charge in [0.25, 0.3) is 0 Å². The van der Waals surface area contributed by atoms with Crippen molar-refractivity contribution in [2.75, 3.05) is 30.8 Å². The molecule has 1 aliphatic heterocycles. The van der Waals surface area contributed by atoms with Crippen LogP contribution in [-0.2, 0) is 6.54 Å². The fraction of sp³-hybridized carbons (Fsp3) is 0.350. The van der Waals surface area contributed by atoms with Gasteiger partial charge >= 0.3 is 0 Å². The third-order valence-corrected chi connectivity index (χ3v) is 5.10. The fourth-order valence-corrected chi connectivity index (χ4v) is 3.53. The molecule has 3 heterocycles. The van der Waals surface area contributed by atoms with E-state index in [1.807, 2.05) is 43.3 Å². The number of nitrogens with zero attached hydrogens (tertiary/aromatic N) is 6. The normalized spacial score (nSPS) is 16.9. The molecule has 1 atom stereocenters. The van der Waals surface area contributed by atoms with Crippen molar-refractivity contribution in [1.29, 1.82) is 0 Å². The topological polar surface area (TPSA) is 105 Å². The average Bonchev–Trinajstić information content (AvgIpc) is 3.38. The van der Waals surface area contributed by atoms with E-state index >= 15 is 0 Å². The van der Waals surface area contributed by atoms with Crippen molar-refractivity contribution in [3.63, 3.8) is 0 Å². The van der Waals surface area contributed by atoms with Crippen LogP contribution in [0.3, 0.4) is 0 Å². The summed E-state index contributed by atoms with van der Waals surface area (Å²) < 4.78 is 5.58. The first-order chi connectivity index (χ1) is 14.0. The molecule has 9 heteroatoms. The summed E-state index contributed by atoms with van der Waals surface area (Å²) >= 11 is 0. The minimum absolute atomic E-state index is 0.0544. The van der Waals surface area contributed by atoms with E-state index in [4.69, 9.17) is 9.73 Å². The summed E-state index contributed by atoms with van der Waals surface area (Å²) in [7, 11) is 3.88. The average molecular weight is 395 g/mol. The first-order valence-electron chi connectivity index (χ1n) is 9.48. The molecule has 1 saturated heterocycles. The number of benzene rings is 1. The van der Waals surface area contributed by atoms with Crippen molar-refractivity contribution in [3.8, 4) is 11.4 Å². The highest BCUT2D eigenvalue weighted by Crippen LogP contribution is 2.33. The molecule has 4 rings (SSSR count). The maximum atomic E-state index is 10.9. The number of aromatic nitrogens is 3. The summed E-state index contributed by atoms with van der Waals surface area (Å²) in [4.78, 5) is 13.2. The van der Waals surface area contributed by atoms with Gasteiger partial charge in [-0.15, -0.1) is 0 Å².